The van der Waals surface area contributed by atoms with Gasteiger partial charge in [-0.05, 0) is 31.2 Å². The van der Waals surface area contributed by atoms with Crippen LogP contribution in [-0.2, 0) is 4.79 Å². The van der Waals surface area contributed by atoms with Crippen LogP contribution in [0.2, 0.25) is 0 Å². The summed E-state index contributed by atoms with van der Waals surface area (Å²) in [5, 5.41) is 10.0. The van der Waals surface area contributed by atoms with E-state index in [4.69, 9.17) is 0 Å². The van der Waals surface area contributed by atoms with Crippen LogP contribution >= 0.6 is 11.8 Å². The molecule has 1 unspecified atom stereocenters. The number of halogens is 2. The largest absolute Gasteiger partial charge is 0.323 e. The first kappa shape index (κ1) is 17.1. The smallest absolute Gasteiger partial charge is 0.237 e. The van der Waals surface area contributed by atoms with Crippen molar-refractivity contribution < 1.29 is 13.6 Å². The molecule has 1 amide bonds. The molecule has 0 spiro atoms. The summed E-state index contributed by atoms with van der Waals surface area (Å²) in [4.78, 5) is 12.3. The number of hydrogen-bond acceptors (Lipinski definition) is 4. The number of hydrogen-bond donors (Lipinski definition) is 1. The molecule has 1 aromatic heterocycles. The van der Waals surface area contributed by atoms with Crippen LogP contribution in [0.4, 0.5) is 14.5 Å². The van der Waals surface area contributed by atoms with Gasteiger partial charge in [0, 0.05) is 0 Å². The van der Waals surface area contributed by atoms with Gasteiger partial charge in [-0.15, -0.1) is 10.2 Å². The summed E-state index contributed by atoms with van der Waals surface area (Å²) in [7, 11) is 0. The molecule has 128 valence electrons. The number of carbonyl (C=O) groups excluding carboxylic acids is 1. The molecule has 0 radical (unpaired) electrons. The average Bonchev–Trinajstić information content (AvgIpc) is 3.05. The minimum Gasteiger partial charge on any atom is -0.323 e. The Kier molecular flexibility index (Phi) is 5.08. The van der Waals surface area contributed by atoms with E-state index < -0.39 is 22.8 Å². The number of nitrogens with zero attached hydrogens (tertiary/aromatic N) is 3. The molecule has 0 aliphatic heterocycles. The molecule has 0 bridgehead atoms. The van der Waals surface area contributed by atoms with Crippen LogP contribution in [-0.4, -0.2) is 25.9 Å². The number of anilines is 1. The van der Waals surface area contributed by atoms with Crippen molar-refractivity contribution in [1.82, 2.24) is 14.8 Å². The van der Waals surface area contributed by atoms with E-state index in [1.165, 1.54) is 29.1 Å². The summed E-state index contributed by atoms with van der Waals surface area (Å²) in [5.74, 6) is -1.33. The second-order valence-corrected chi connectivity index (χ2v) is 6.47. The van der Waals surface area contributed by atoms with E-state index in [1.807, 2.05) is 0 Å². The highest BCUT2D eigenvalue weighted by molar-refractivity contribution is 8.00. The number of aromatic nitrogens is 3. The van der Waals surface area contributed by atoms with Crippen LogP contribution in [0.1, 0.15) is 6.92 Å². The fraction of sp³-hybridized carbons (Fsp3) is 0.118. The van der Waals surface area contributed by atoms with Gasteiger partial charge in [0.1, 0.15) is 18.0 Å². The summed E-state index contributed by atoms with van der Waals surface area (Å²) in [5.41, 5.74) is 0.396. The van der Waals surface area contributed by atoms with E-state index in [2.05, 4.69) is 15.5 Å². The number of carbonyl (C=O) groups is 1. The molecule has 3 rings (SSSR count). The normalized spacial score (nSPS) is 12.0. The van der Waals surface area contributed by atoms with Gasteiger partial charge in [0.25, 0.3) is 0 Å². The number of amides is 1. The van der Waals surface area contributed by atoms with Gasteiger partial charge in [-0.1, -0.05) is 36.0 Å². The zero-order chi connectivity index (χ0) is 17.8. The maximum atomic E-state index is 14.0. The van der Waals surface area contributed by atoms with E-state index in [0.717, 1.165) is 11.8 Å². The van der Waals surface area contributed by atoms with Crippen LogP contribution in [0.15, 0.2) is 60.0 Å². The molecule has 0 aliphatic rings. The van der Waals surface area contributed by atoms with Crippen LogP contribution in [0.5, 0.6) is 0 Å². The predicted octanol–water partition coefficient (Wildman–Crippen LogP) is 3.66. The molecule has 5 nitrogen and oxygen atoms in total. The zero-order valence-electron chi connectivity index (χ0n) is 13.2. The number of thioether (sulfide) groups is 1. The minimum absolute atomic E-state index is 0.107. The van der Waals surface area contributed by atoms with Crippen LogP contribution in [0.25, 0.3) is 5.69 Å². The molecular weight excluding hydrogens is 346 g/mol. The topological polar surface area (TPSA) is 59.8 Å². The standard InChI is InChI=1S/C17H14F2N4OS/c1-11(16(24)21-14-8-4-2-6-12(14)18)25-17-22-20-10-23(17)15-9-5-3-7-13(15)19/h2-11H,1H3,(H,21,24). The van der Waals surface area contributed by atoms with E-state index in [1.54, 1.807) is 37.3 Å². The third-order valence-corrected chi connectivity index (χ3v) is 4.47. The lowest BCUT2D eigenvalue weighted by atomic mass is 10.3. The fourth-order valence-corrected chi connectivity index (χ4v) is 2.96. The number of para-hydroxylation sites is 2. The molecular formula is C17H14F2N4OS. The molecule has 1 N–H and O–H groups in total. The van der Waals surface area contributed by atoms with Gasteiger partial charge in [-0.3, -0.25) is 9.36 Å². The number of rotatable bonds is 5. The van der Waals surface area contributed by atoms with Crippen molar-refractivity contribution in [2.24, 2.45) is 0 Å². The third-order valence-electron chi connectivity index (χ3n) is 3.41. The zero-order valence-corrected chi connectivity index (χ0v) is 14.0. The van der Waals surface area contributed by atoms with Gasteiger partial charge < -0.3 is 5.32 Å². The molecule has 25 heavy (non-hydrogen) atoms. The van der Waals surface area contributed by atoms with Crippen molar-refractivity contribution in [2.45, 2.75) is 17.3 Å². The second kappa shape index (κ2) is 7.43. The quantitative estimate of drug-likeness (QED) is 0.706. The van der Waals surface area contributed by atoms with Gasteiger partial charge in [0.2, 0.25) is 5.91 Å². The highest BCUT2D eigenvalue weighted by Crippen LogP contribution is 2.26. The lowest BCUT2D eigenvalue weighted by Crippen LogP contribution is -2.23. The summed E-state index contributed by atoms with van der Waals surface area (Å²) >= 11 is 1.10. The Labute approximate surface area is 147 Å². The summed E-state index contributed by atoms with van der Waals surface area (Å²) < 4.78 is 29.1. The van der Waals surface area contributed by atoms with Crippen LogP contribution in [0.3, 0.4) is 0 Å². The Hall–Kier alpha value is -2.74. The van der Waals surface area contributed by atoms with E-state index in [0.29, 0.717) is 5.16 Å². The molecule has 0 saturated heterocycles. The van der Waals surface area contributed by atoms with Crippen molar-refractivity contribution in [3.63, 3.8) is 0 Å². The lowest BCUT2D eigenvalue weighted by molar-refractivity contribution is -0.115. The Morgan fingerprint density at radius 3 is 2.52 bits per heavy atom. The predicted molar refractivity (Wildman–Crippen MR) is 91.7 cm³/mol. The molecule has 2 aromatic carbocycles. The Bertz CT molecular complexity index is 900. The number of benzene rings is 2. The Morgan fingerprint density at radius 1 is 1.12 bits per heavy atom. The minimum atomic E-state index is -0.589. The van der Waals surface area contributed by atoms with Gasteiger partial charge in [0.05, 0.1) is 16.6 Å². The van der Waals surface area contributed by atoms with Crippen molar-refractivity contribution in [1.29, 1.82) is 0 Å². The van der Waals surface area contributed by atoms with Gasteiger partial charge in [-0.2, -0.15) is 0 Å². The van der Waals surface area contributed by atoms with Crippen LogP contribution in [0, 0.1) is 11.6 Å². The molecule has 8 heteroatoms. The monoisotopic (exact) mass is 360 g/mol. The van der Waals surface area contributed by atoms with Crippen molar-refractivity contribution in [2.75, 3.05) is 5.32 Å². The van der Waals surface area contributed by atoms with E-state index in [-0.39, 0.29) is 11.4 Å². The Balaban J connectivity index is 1.75. The first-order valence-corrected chi connectivity index (χ1v) is 8.31. The second-order valence-electron chi connectivity index (χ2n) is 5.16. The van der Waals surface area contributed by atoms with Crippen molar-refractivity contribution in [3.05, 3.63) is 66.5 Å². The first-order chi connectivity index (χ1) is 12.1. The molecule has 0 aliphatic carbocycles. The van der Waals surface area contributed by atoms with E-state index >= 15 is 0 Å². The van der Waals surface area contributed by atoms with Gasteiger partial charge >= 0.3 is 0 Å². The Morgan fingerprint density at radius 2 is 1.80 bits per heavy atom. The summed E-state index contributed by atoms with van der Waals surface area (Å²) in [6, 6.07) is 12.1. The number of nitrogens with one attached hydrogen (secondary N) is 1. The molecule has 1 atom stereocenters. The highest BCUT2D eigenvalue weighted by atomic mass is 32.2. The average molecular weight is 360 g/mol. The highest BCUT2D eigenvalue weighted by Gasteiger charge is 2.20. The maximum Gasteiger partial charge on any atom is 0.237 e. The van der Waals surface area contributed by atoms with Crippen molar-refractivity contribution >= 4 is 23.4 Å². The van der Waals surface area contributed by atoms with Crippen molar-refractivity contribution in [3.8, 4) is 5.69 Å². The molecule has 0 saturated carbocycles. The molecule has 1 heterocycles. The van der Waals surface area contributed by atoms with Gasteiger partial charge in [-0.25, -0.2) is 8.78 Å². The van der Waals surface area contributed by atoms with Crippen LogP contribution < -0.4 is 5.32 Å². The maximum absolute atomic E-state index is 14.0. The molecule has 3 aromatic rings. The molecule has 0 fully saturated rings. The summed E-state index contributed by atoms with van der Waals surface area (Å²) in [6.45, 7) is 1.65. The van der Waals surface area contributed by atoms with Gasteiger partial charge in [0.15, 0.2) is 5.16 Å². The lowest BCUT2D eigenvalue weighted by Gasteiger charge is -2.13. The first-order valence-electron chi connectivity index (χ1n) is 7.43. The van der Waals surface area contributed by atoms with E-state index in [9.17, 15) is 13.6 Å². The third kappa shape index (κ3) is 3.85. The summed E-state index contributed by atoms with van der Waals surface area (Å²) in [6.07, 6.45) is 1.38. The fourth-order valence-electron chi connectivity index (χ4n) is 2.13. The SMILES string of the molecule is CC(Sc1nncn1-c1ccccc1F)C(=O)Nc1ccccc1F.